The standard InChI is InChI=1S/C36H44O9/c1-3-7-33-29(5-1)25-31-27-35(33)36-28-32(26-30-6-2-4-8-34(30)36)45-24-22-43-20-18-41-16-14-39-12-10-37-9-11-38-13-15-40-17-19-42-21-23-44-31/h1-8,25-28H,9-24H2. The molecule has 0 saturated carbocycles. The molecule has 1 aliphatic rings. The van der Waals surface area contributed by atoms with Crippen LogP contribution < -0.4 is 9.47 Å². The molecule has 9 nitrogen and oxygen atoms in total. The minimum absolute atomic E-state index is 0.431. The van der Waals surface area contributed by atoms with E-state index in [1.165, 1.54) is 0 Å². The summed E-state index contributed by atoms with van der Waals surface area (Å²) in [6.45, 7) is 7.88. The lowest BCUT2D eigenvalue weighted by molar-refractivity contribution is -0.0218. The van der Waals surface area contributed by atoms with E-state index in [2.05, 4.69) is 60.7 Å². The van der Waals surface area contributed by atoms with Crippen LogP contribution in [0.5, 0.6) is 11.5 Å². The summed E-state index contributed by atoms with van der Waals surface area (Å²) in [6, 6.07) is 25.1. The van der Waals surface area contributed by atoms with E-state index in [-0.39, 0.29) is 0 Å². The first-order valence-corrected chi connectivity index (χ1v) is 15.7. The molecule has 242 valence electrons. The highest BCUT2D eigenvalue weighted by atomic mass is 16.6. The summed E-state index contributed by atoms with van der Waals surface area (Å²) in [5.74, 6) is 1.58. The van der Waals surface area contributed by atoms with E-state index in [9.17, 15) is 0 Å². The second-order valence-corrected chi connectivity index (χ2v) is 10.4. The van der Waals surface area contributed by atoms with Gasteiger partial charge in [-0.1, -0.05) is 48.5 Å². The Labute approximate surface area is 265 Å². The quantitative estimate of drug-likeness (QED) is 0.251. The fourth-order valence-electron chi connectivity index (χ4n) is 5.04. The fourth-order valence-corrected chi connectivity index (χ4v) is 5.04. The smallest absolute Gasteiger partial charge is 0.120 e. The van der Waals surface area contributed by atoms with Crippen LogP contribution in [0.3, 0.4) is 0 Å². The maximum atomic E-state index is 6.18. The summed E-state index contributed by atoms with van der Waals surface area (Å²) in [6.07, 6.45) is 0. The van der Waals surface area contributed by atoms with Gasteiger partial charge in [0, 0.05) is 0 Å². The van der Waals surface area contributed by atoms with Gasteiger partial charge in [0.2, 0.25) is 0 Å². The molecule has 0 N–H and O–H groups in total. The number of ether oxygens (including phenoxy) is 9. The summed E-state index contributed by atoms with van der Waals surface area (Å²) >= 11 is 0. The Balaban J connectivity index is 1.26. The highest BCUT2D eigenvalue weighted by Gasteiger charge is 2.13. The van der Waals surface area contributed by atoms with Gasteiger partial charge >= 0.3 is 0 Å². The van der Waals surface area contributed by atoms with Gasteiger partial charge in [-0.2, -0.15) is 0 Å². The van der Waals surface area contributed by atoms with Crippen molar-refractivity contribution in [3.63, 3.8) is 0 Å². The number of hydrogen-bond acceptors (Lipinski definition) is 9. The first kappa shape index (κ1) is 33.1. The molecule has 0 radical (unpaired) electrons. The molecule has 0 fully saturated rings. The van der Waals surface area contributed by atoms with Crippen molar-refractivity contribution in [2.75, 3.05) is 106 Å². The van der Waals surface area contributed by atoms with Gasteiger partial charge in [0.25, 0.3) is 0 Å². The average molecular weight is 621 g/mol. The van der Waals surface area contributed by atoms with E-state index >= 15 is 0 Å². The maximum absolute atomic E-state index is 6.18. The van der Waals surface area contributed by atoms with Crippen molar-refractivity contribution in [2.24, 2.45) is 0 Å². The van der Waals surface area contributed by atoms with E-state index < -0.39 is 0 Å². The van der Waals surface area contributed by atoms with Crippen LogP contribution in [-0.4, -0.2) is 106 Å². The highest BCUT2D eigenvalue weighted by molar-refractivity contribution is 6.06. The molecule has 0 aliphatic carbocycles. The van der Waals surface area contributed by atoms with E-state index in [0.29, 0.717) is 106 Å². The molecule has 0 unspecified atom stereocenters. The lowest BCUT2D eigenvalue weighted by Crippen LogP contribution is -2.15. The molecule has 0 aromatic heterocycles. The van der Waals surface area contributed by atoms with Crippen LogP contribution in [0, 0.1) is 0 Å². The zero-order chi connectivity index (χ0) is 30.8. The molecule has 4 bridgehead atoms. The topological polar surface area (TPSA) is 83.1 Å². The molecule has 45 heavy (non-hydrogen) atoms. The van der Waals surface area contributed by atoms with E-state index in [1.807, 2.05) is 12.1 Å². The van der Waals surface area contributed by atoms with E-state index in [4.69, 9.17) is 42.6 Å². The van der Waals surface area contributed by atoms with Crippen molar-refractivity contribution in [3.8, 4) is 22.6 Å². The molecule has 0 atom stereocenters. The minimum Gasteiger partial charge on any atom is -0.491 e. The van der Waals surface area contributed by atoms with Gasteiger partial charge in [0.05, 0.1) is 92.5 Å². The lowest BCUT2D eigenvalue weighted by Gasteiger charge is -2.16. The van der Waals surface area contributed by atoms with Crippen molar-refractivity contribution >= 4 is 21.5 Å². The third-order valence-corrected chi connectivity index (χ3v) is 7.19. The normalized spacial score (nSPS) is 18.3. The van der Waals surface area contributed by atoms with Gasteiger partial charge in [0.15, 0.2) is 0 Å². The van der Waals surface area contributed by atoms with Crippen LogP contribution in [0.4, 0.5) is 0 Å². The molecular formula is C36H44O9. The van der Waals surface area contributed by atoms with Crippen LogP contribution in [0.2, 0.25) is 0 Å². The molecule has 4 aromatic rings. The molecule has 0 saturated heterocycles. The van der Waals surface area contributed by atoms with Crippen LogP contribution >= 0.6 is 0 Å². The summed E-state index contributed by atoms with van der Waals surface area (Å²) in [5.41, 5.74) is 2.17. The molecule has 5 rings (SSSR count). The molecule has 9 heteroatoms. The number of fused-ring (bicyclic) bond motifs is 9. The van der Waals surface area contributed by atoms with Gasteiger partial charge in [-0.05, 0) is 56.9 Å². The number of benzene rings is 4. The van der Waals surface area contributed by atoms with E-state index in [1.54, 1.807) is 0 Å². The second-order valence-electron chi connectivity index (χ2n) is 10.4. The van der Waals surface area contributed by atoms with Crippen LogP contribution in [-0.2, 0) is 33.2 Å². The Bertz CT molecular complexity index is 1320. The van der Waals surface area contributed by atoms with Gasteiger partial charge in [-0.3, -0.25) is 0 Å². The van der Waals surface area contributed by atoms with Crippen molar-refractivity contribution < 1.29 is 42.6 Å². The predicted octanol–water partition coefficient (Wildman–Crippen LogP) is 5.55. The molecule has 0 amide bonds. The summed E-state index contributed by atoms with van der Waals surface area (Å²) in [5, 5.41) is 4.50. The maximum Gasteiger partial charge on any atom is 0.120 e. The van der Waals surface area contributed by atoms with E-state index in [0.717, 1.165) is 44.2 Å². The first-order valence-electron chi connectivity index (χ1n) is 15.7. The number of rotatable bonds is 0. The second kappa shape index (κ2) is 19.3. The monoisotopic (exact) mass is 620 g/mol. The Kier molecular flexibility index (Phi) is 14.2. The van der Waals surface area contributed by atoms with Gasteiger partial charge in [-0.25, -0.2) is 0 Å². The van der Waals surface area contributed by atoms with Crippen LogP contribution in [0.25, 0.3) is 32.7 Å². The first-order chi connectivity index (χ1) is 22.4. The van der Waals surface area contributed by atoms with Crippen LogP contribution in [0.15, 0.2) is 72.8 Å². The molecule has 1 aliphatic heterocycles. The molecule has 0 spiro atoms. The Morgan fingerprint density at radius 2 is 0.600 bits per heavy atom. The minimum atomic E-state index is 0.431. The third kappa shape index (κ3) is 10.9. The highest BCUT2D eigenvalue weighted by Crippen LogP contribution is 2.39. The fraction of sp³-hybridized carbons (Fsp3) is 0.444. The predicted molar refractivity (Wildman–Crippen MR) is 174 cm³/mol. The largest absolute Gasteiger partial charge is 0.491 e. The van der Waals surface area contributed by atoms with Crippen LogP contribution in [0.1, 0.15) is 0 Å². The zero-order valence-corrected chi connectivity index (χ0v) is 25.9. The SMILES string of the molecule is c1ccc2c3cc(cc2c1)OCCOCCOCCOCCOCCOCCOCCOCCOc1cc-3c2ccccc2c1. The zero-order valence-electron chi connectivity index (χ0n) is 25.9. The van der Waals surface area contributed by atoms with Crippen molar-refractivity contribution in [3.05, 3.63) is 72.8 Å². The molecule has 4 aromatic carbocycles. The Hall–Kier alpha value is -3.28. The Morgan fingerprint density at radius 1 is 0.311 bits per heavy atom. The summed E-state index contributed by atoms with van der Waals surface area (Å²) in [7, 11) is 0. The third-order valence-electron chi connectivity index (χ3n) is 7.19. The Morgan fingerprint density at radius 3 is 0.933 bits per heavy atom. The molecular weight excluding hydrogens is 576 g/mol. The van der Waals surface area contributed by atoms with Crippen molar-refractivity contribution in [1.29, 1.82) is 0 Å². The summed E-state index contributed by atoms with van der Waals surface area (Å²) in [4.78, 5) is 0. The van der Waals surface area contributed by atoms with Gasteiger partial charge in [0.1, 0.15) is 24.7 Å². The summed E-state index contributed by atoms with van der Waals surface area (Å²) < 4.78 is 51.6. The molecule has 1 heterocycles. The van der Waals surface area contributed by atoms with Gasteiger partial charge in [-0.15, -0.1) is 0 Å². The lowest BCUT2D eigenvalue weighted by atomic mass is 9.93. The van der Waals surface area contributed by atoms with Crippen molar-refractivity contribution in [1.82, 2.24) is 0 Å². The number of hydrogen-bond donors (Lipinski definition) is 0. The van der Waals surface area contributed by atoms with Gasteiger partial charge < -0.3 is 42.6 Å². The van der Waals surface area contributed by atoms with Crippen molar-refractivity contribution in [2.45, 2.75) is 0 Å². The average Bonchev–Trinajstić information content (AvgIpc) is 3.07.